The second-order valence-electron chi connectivity index (χ2n) is 8.23. The van der Waals surface area contributed by atoms with E-state index in [0.29, 0.717) is 18.8 Å². The second-order valence-corrected chi connectivity index (χ2v) is 9.94. The van der Waals surface area contributed by atoms with Crippen LogP contribution in [0.15, 0.2) is 71.6 Å². The van der Waals surface area contributed by atoms with Gasteiger partial charge in [-0.05, 0) is 61.2 Å². The Balaban J connectivity index is 1.60. The highest BCUT2D eigenvalue weighted by molar-refractivity contribution is 7.89. The number of anilines is 2. The SMILES string of the molecule is CC(=O)N1CCc2cc(S(=O)(=O)N[C@@H](Cc3ccccc3)C(=O)Nc3cccc(C)n3)ccc21. The first-order valence-corrected chi connectivity index (χ1v) is 12.4. The van der Waals surface area contributed by atoms with Crippen molar-refractivity contribution in [2.45, 2.75) is 37.6 Å². The van der Waals surface area contributed by atoms with Gasteiger partial charge in [-0.2, -0.15) is 4.72 Å². The second kappa shape index (κ2) is 9.74. The molecule has 2 aromatic carbocycles. The number of hydrogen-bond donors (Lipinski definition) is 2. The van der Waals surface area contributed by atoms with Gasteiger partial charge in [0, 0.05) is 24.8 Å². The van der Waals surface area contributed by atoms with Crippen LogP contribution in [-0.4, -0.2) is 37.8 Å². The van der Waals surface area contributed by atoms with Gasteiger partial charge in [-0.1, -0.05) is 36.4 Å². The highest BCUT2D eigenvalue weighted by atomic mass is 32.2. The monoisotopic (exact) mass is 478 g/mol. The van der Waals surface area contributed by atoms with Crippen LogP contribution in [0, 0.1) is 6.92 Å². The predicted octanol–water partition coefficient (Wildman–Crippen LogP) is 2.83. The van der Waals surface area contributed by atoms with Crippen molar-refractivity contribution in [3.05, 3.63) is 83.6 Å². The van der Waals surface area contributed by atoms with E-state index in [0.717, 1.165) is 22.5 Å². The van der Waals surface area contributed by atoms with Gasteiger partial charge in [0.15, 0.2) is 0 Å². The largest absolute Gasteiger partial charge is 0.312 e. The molecule has 1 aliphatic rings. The van der Waals surface area contributed by atoms with Crippen LogP contribution in [0.4, 0.5) is 11.5 Å². The highest BCUT2D eigenvalue weighted by Gasteiger charge is 2.29. The molecule has 3 aromatic rings. The van der Waals surface area contributed by atoms with E-state index in [1.54, 1.807) is 42.2 Å². The van der Waals surface area contributed by atoms with E-state index in [9.17, 15) is 18.0 Å². The fourth-order valence-electron chi connectivity index (χ4n) is 3.99. The Morgan fingerprint density at radius 1 is 1.06 bits per heavy atom. The van der Waals surface area contributed by atoms with Crippen LogP contribution in [0.3, 0.4) is 0 Å². The Hall–Kier alpha value is -3.56. The van der Waals surface area contributed by atoms with Gasteiger partial charge in [-0.15, -0.1) is 0 Å². The minimum Gasteiger partial charge on any atom is -0.312 e. The molecule has 8 nitrogen and oxygen atoms in total. The number of amides is 2. The van der Waals surface area contributed by atoms with E-state index in [-0.39, 0.29) is 17.2 Å². The third-order valence-electron chi connectivity index (χ3n) is 5.67. The van der Waals surface area contributed by atoms with Crippen molar-refractivity contribution in [3.63, 3.8) is 0 Å². The summed E-state index contributed by atoms with van der Waals surface area (Å²) in [5.41, 5.74) is 3.05. The Morgan fingerprint density at radius 2 is 1.82 bits per heavy atom. The summed E-state index contributed by atoms with van der Waals surface area (Å²) in [4.78, 5) is 30.9. The maximum absolute atomic E-state index is 13.3. The number of benzene rings is 2. The Labute approximate surface area is 199 Å². The molecule has 4 rings (SSSR count). The minimum atomic E-state index is -4.02. The Kier molecular flexibility index (Phi) is 6.76. The molecule has 0 unspecified atom stereocenters. The molecule has 0 saturated heterocycles. The van der Waals surface area contributed by atoms with Gasteiger partial charge >= 0.3 is 0 Å². The van der Waals surface area contributed by atoms with E-state index < -0.39 is 22.0 Å². The summed E-state index contributed by atoms with van der Waals surface area (Å²) in [5, 5.41) is 2.72. The maximum atomic E-state index is 13.3. The smallest absolute Gasteiger partial charge is 0.244 e. The van der Waals surface area contributed by atoms with Crippen molar-refractivity contribution in [3.8, 4) is 0 Å². The van der Waals surface area contributed by atoms with Crippen LogP contribution < -0.4 is 14.9 Å². The molecule has 0 radical (unpaired) electrons. The topological polar surface area (TPSA) is 108 Å². The summed E-state index contributed by atoms with van der Waals surface area (Å²) < 4.78 is 29.1. The number of sulfonamides is 1. The van der Waals surface area contributed by atoms with Gasteiger partial charge in [0.05, 0.1) is 4.90 Å². The fourth-order valence-corrected chi connectivity index (χ4v) is 5.24. The number of fused-ring (bicyclic) bond motifs is 1. The lowest BCUT2D eigenvalue weighted by Gasteiger charge is -2.19. The van der Waals surface area contributed by atoms with Crippen molar-refractivity contribution >= 4 is 33.3 Å². The number of aryl methyl sites for hydroxylation is 1. The normalized spacial score (nSPS) is 13.9. The standard InChI is InChI=1S/C25H26N4O4S/c1-17-7-6-10-24(26-17)27-25(31)22(15-19-8-4-3-5-9-19)28-34(32,33)21-11-12-23-20(16-21)13-14-29(23)18(2)30/h3-12,16,22,28H,13-15H2,1-2H3,(H,26,27,31)/t22-/m0/s1. The number of carbonyl (C=O) groups excluding carboxylic acids is 2. The minimum absolute atomic E-state index is 0.0520. The summed E-state index contributed by atoms with van der Waals surface area (Å²) >= 11 is 0. The van der Waals surface area contributed by atoms with Crippen LogP contribution in [0.1, 0.15) is 23.7 Å². The number of rotatable bonds is 7. The Morgan fingerprint density at radius 3 is 2.53 bits per heavy atom. The average molecular weight is 479 g/mol. The lowest BCUT2D eigenvalue weighted by atomic mass is 10.1. The van der Waals surface area contributed by atoms with Crippen molar-refractivity contribution < 1.29 is 18.0 Å². The molecule has 2 heterocycles. The molecular weight excluding hydrogens is 452 g/mol. The summed E-state index contributed by atoms with van der Waals surface area (Å²) in [7, 11) is -4.02. The molecule has 0 bridgehead atoms. The average Bonchev–Trinajstić information content (AvgIpc) is 3.23. The van der Waals surface area contributed by atoms with E-state index in [1.165, 1.54) is 13.0 Å². The molecule has 1 aliphatic heterocycles. The van der Waals surface area contributed by atoms with E-state index in [2.05, 4.69) is 15.0 Å². The van der Waals surface area contributed by atoms with Gasteiger partial charge in [0.1, 0.15) is 11.9 Å². The van der Waals surface area contributed by atoms with Crippen molar-refractivity contribution in [2.75, 3.05) is 16.8 Å². The van der Waals surface area contributed by atoms with Crippen LogP contribution >= 0.6 is 0 Å². The zero-order chi connectivity index (χ0) is 24.3. The number of pyridine rings is 1. The first-order valence-electron chi connectivity index (χ1n) is 10.9. The first kappa shape index (κ1) is 23.6. The van der Waals surface area contributed by atoms with Crippen molar-refractivity contribution in [1.82, 2.24) is 9.71 Å². The molecule has 9 heteroatoms. The molecule has 1 atom stereocenters. The van der Waals surface area contributed by atoms with Gasteiger partial charge in [0.25, 0.3) is 0 Å². The van der Waals surface area contributed by atoms with E-state index in [4.69, 9.17) is 0 Å². The lowest BCUT2D eigenvalue weighted by Crippen LogP contribution is -2.45. The van der Waals surface area contributed by atoms with Crippen LogP contribution in [0.5, 0.6) is 0 Å². The third-order valence-corrected chi connectivity index (χ3v) is 7.14. The van der Waals surface area contributed by atoms with E-state index >= 15 is 0 Å². The number of aromatic nitrogens is 1. The molecule has 2 N–H and O–H groups in total. The first-order chi connectivity index (χ1) is 16.2. The Bertz CT molecular complexity index is 1330. The summed E-state index contributed by atoms with van der Waals surface area (Å²) in [6.45, 7) is 3.81. The van der Waals surface area contributed by atoms with Gasteiger partial charge in [-0.3, -0.25) is 9.59 Å². The fraction of sp³-hybridized carbons (Fsp3) is 0.240. The van der Waals surface area contributed by atoms with Crippen LogP contribution in [-0.2, 0) is 32.5 Å². The van der Waals surface area contributed by atoms with Crippen LogP contribution in [0.2, 0.25) is 0 Å². The zero-order valence-electron chi connectivity index (χ0n) is 19.0. The zero-order valence-corrected chi connectivity index (χ0v) is 19.8. The number of carbonyl (C=O) groups is 2. The highest BCUT2D eigenvalue weighted by Crippen LogP contribution is 2.30. The third kappa shape index (κ3) is 5.32. The molecule has 0 saturated carbocycles. The summed E-state index contributed by atoms with van der Waals surface area (Å²) in [6, 6.07) is 18.0. The van der Waals surface area contributed by atoms with Gasteiger partial charge in [-0.25, -0.2) is 13.4 Å². The van der Waals surface area contributed by atoms with E-state index in [1.807, 2.05) is 30.3 Å². The molecule has 34 heavy (non-hydrogen) atoms. The van der Waals surface area contributed by atoms with Gasteiger partial charge in [0.2, 0.25) is 21.8 Å². The molecular formula is C25H26N4O4S. The predicted molar refractivity (Wildman–Crippen MR) is 130 cm³/mol. The maximum Gasteiger partial charge on any atom is 0.244 e. The number of nitrogens with zero attached hydrogens (tertiary/aromatic N) is 2. The molecule has 0 aliphatic carbocycles. The molecule has 2 amide bonds. The van der Waals surface area contributed by atoms with Crippen LogP contribution in [0.25, 0.3) is 0 Å². The number of nitrogens with one attached hydrogen (secondary N) is 2. The summed E-state index contributed by atoms with van der Waals surface area (Å²) in [6.07, 6.45) is 0.742. The molecule has 1 aromatic heterocycles. The molecule has 176 valence electrons. The van der Waals surface area contributed by atoms with Crippen molar-refractivity contribution in [1.29, 1.82) is 0 Å². The lowest BCUT2D eigenvalue weighted by molar-refractivity contribution is -0.118. The van der Waals surface area contributed by atoms with Crippen molar-refractivity contribution in [2.24, 2.45) is 0 Å². The molecule has 0 fully saturated rings. The molecule has 0 spiro atoms. The van der Waals surface area contributed by atoms with Gasteiger partial charge < -0.3 is 10.2 Å². The quantitative estimate of drug-likeness (QED) is 0.543. The summed E-state index contributed by atoms with van der Waals surface area (Å²) in [5.74, 6) is -0.240. The number of hydrogen-bond acceptors (Lipinski definition) is 5.